The average molecular weight is 431 g/mol. The summed E-state index contributed by atoms with van der Waals surface area (Å²) >= 11 is 0. The molecule has 9 heteroatoms. The predicted octanol–water partition coefficient (Wildman–Crippen LogP) is -0.282. The monoisotopic (exact) mass is 430 g/mol. The van der Waals surface area contributed by atoms with Crippen LogP contribution in [0.3, 0.4) is 0 Å². The van der Waals surface area contributed by atoms with Crippen molar-refractivity contribution in [3.05, 3.63) is 0 Å². The number of carboxylic acid groups (broad SMARTS) is 1. The molecular weight excluding hydrogens is 395 g/mol. The van der Waals surface area contributed by atoms with Gasteiger partial charge in [0.25, 0.3) is 10.1 Å². The first-order valence-corrected chi connectivity index (χ1v) is 11.3. The van der Waals surface area contributed by atoms with E-state index < -0.39 is 39.3 Å². The first kappa shape index (κ1) is 30.0. The van der Waals surface area contributed by atoms with Crippen molar-refractivity contribution in [2.45, 2.75) is 103 Å². The largest absolute Gasteiger partial charge is 1.00 e. The van der Waals surface area contributed by atoms with Crippen molar-refractivity contribution in [2.24, 2.45) is 0 Å². The van der Waals surface area contributed by atoms with Crippen molar-refractivity contribution < 1.29 is 61.6 Å². The van der Waals surface area contributed by atoms with Crippen LogP contribution in [-0.2, 0) is 28.6 Å². The minimum atomic E-state index is -4.44. The van der Waals surface area contributed by atoms with Crippen molar-refractivity contribution in [2.75, 3.05) is 6.61 Å². The van der Waals surface area contributed by atoms with Gasteiger partial charge in [-0.25, -0.2) is 0 Å². The molecule has 0 amide bonds. The van der Waals surface area contributed by atoms with Crippen molar-refractivity contribution in [1.29, 1.82) is 0 Å². The van der Waals surface area contributed by atoms with Crippen LogP contribution in [-0.4, -0.2) is 37.8 Å². The Bertz CT molecular complexity index is 546. The number of carbonyl (C=O) groups is 2. The van der Waals surface area contributed by atoms with Crippen molar-refractivity contribution in [3.63, 3.8) is 0 Å². The number of hydrogen-bond acceptors (Lipinski definition) is 7. The minimum absolute atomic E-state index is 0. The van der Waals surface area contributed by atoms with Gasteiger partial charge in [0.2, 0.25) is 0 Å². The molecule has 0 bridgehead atoms. The zero-order chi connectivity index (χ0) is 20.9. The van der Waals surface area contributed by atoms with E-state index in [0.29, 0.717) is 12.8 Å². The molecule has 160 valence electrons. The third-order valence-corrected chi connectivity index (χ3v) is 6.14. The van der Waals surface area contributed by atoms with Crippen LogP contribution in [0.4, 0.5) is 0 Å². The molecule has 1 unspecified atom stereocenters. The maximum Gasteiger partial charge on any atom is 1.00 e. The van der Waals surface area contributed by atoms with Gasteiger partial charge in [-0.3, -0.25) is 8.98 Å². The second-order valence-electron chi connectivity index (χ2n) is 7.40. The number of hydrogen-bond donors (Lipinski definition) is 0. The number of unbranched alkanes of at least 4 members (excludes halogenated alkanes) is 7. The number of ether oxygens (including phenoxy) is 1. The fourth-order valence-corrected chi connectivity index (χ4v) is 3.89. The fraction of sp³-hybridized carbons (Fsp3) is 0.895. The zero-order valence-corrected chi connectivity index (χ0v) is 20.9. The molecule has 0 aliphatic rings. The van der Waals surface area contributed by atoms with Crippen LogP contribution in [0.5, 0.6) is 0 Å². The number of aliphatic carboxylic acids is 1. The van der Waals surface area contributed by atoms with E-state index in [1.807, 2.05) is 0 Å². The normalized spacial score (nSPS) is 12.9. The van der Waals surface area contributed by atoms with Gasteiger partial charge in [-0.1, -0.05) is 58.8 Å². The Morgan fingerprint density at radius 2 is 1.46 bits per heavy atom. The molecule has 0 heterocycles. The van der Waals surface area contributed by atoms with Gasteiger partial charge in [0, 0.05) is 12.4 Å². The van der Waals surface area contributed by atoms with Gasteiger partial charge in [-0.05, 0) is 26.7 Å². The van der Waals surface area contributed by atoms with E-state index in [4.69, 9.17) is 8.92 Å². The van der Waals surface area contributed by atoms with Gasteiger partial charge in [0.1, 0.15) is 0 Å². The Labute approximate surface area is 192 Å². The molecule has 0 N–H and O–H groups in total. The molecule has 0 saturated heterocycles. The molecule has 0 aromatic carbocycles. The van der Waals surface area contributed by atoms with Crippen LogP contribution in [0.25, 0.3) is 0 Å². The molecule has 0 aromatic heterocycles. The first-order chi connectivity index (χ1) is 12.6. The Morgan fingerprint density at radius 1 is 0.964 bits per heavy atom. The molecule has 28 heavy (non-hydrogen) atoms. The second kappa shape index (κ2) is 15.7. The third kappa shape index (κ3) is 13.9. The zero-order valence-electron chi connectivity index (χ0n) is 18.1. The molecule has 0 rings (SSSR count). The molecule has 0 saturated carbocycles. The van der Waals surface area contributed by atoms with Crippen LogP contribution in [0.1, 0.15) is 91.9 Å². The van der Waals surface area contributed by atoms with Crippen molar-refractivity contribution in [3.8, 4) is 0 Å². The number of rotatable bonds is 16. The van der Waals surface area contributed by atoms with Crippen LogP contribution < -0.4 is 34.7 Å². The van der Waals surface area contributed by atoms with E-state index in [-0.39, 0.29) is 36.2 Å². The SMILES string of the molecule is CCCCCCCCCCOC(=O)C(CC(=O)[O-])S(=O)(=O)OC(C)(C)CC.[Na+]. The summed E-state index contributed by atoms with van der Waals surface area (Å²) < 4.78 is 34.7. The Balaban J connectivity index is 0. The van der Waals surface area contributed by atoms with Gasteiger partial charge in [-0.2, -0.15) is 8.42 Å². The van der Waals surface area contributed by atoms with Crippen molar-refractivity contribution >= 4 is 22.1 Å². The standard InChI is InChI=1S/C19H36O7S.Na/c1-5-7-8-9-10-11-12-13-14-25-18(22)16(15-17(20)21)27(23,24)26-19(3,4)6-2;/h16H,5-15H2,1-4H3,(H,20,21);/q;+1/p-1. The third-order valence-electron chi connectivity index (χ3n) is 4.40. The summed E-state index contributed by atoms with van der Waals surface area (Å²) in [5.74, 6) is -2.75. The van der Waals surface area contributed by atoms with Crippen LogP contribution in [0.2, 0.25) is 0 Å². The summed E-state index contributed by atoms with van der Waals surface area (Å²) in [6.45, 7) is 7.04. The van der Waals surface area contributed by atoms with Crippen LogP contribution in [0.15, 0.2) is 0 Å². The van der Waals surface area contributed by atoms with E-state index in [9.17, 15) is 23.1 Å². The Kier molecular flexibility index (Phi) is 16.8. The Hall–Kier alpha value is -0.150. The molecular formula is C19H35NaO7S. The van der Waals surface area contributed by atoms with Crippen LogP contribution in [0, 0.1) is 0 Å². The van der Waals surface area contributed by atoms with Crippen molar-refractivity contribution in [1.82, 2.24) is 0 Å². The maximum atomic E-state index is 12.3. The molecule has 1 atom stereocenters. The number of carbonyl (C=O) groups excluding carboxylic acids is 2. The van der Waals surface area contributed by atoms with Gasteiger partial charge in [0.15, 0.2) is 5.25 Å². The molecule has 0 aliphatic carbocycles. The molecule has 0 radical (unpaired) electrons. The summed E-state index contributed by atoms with van der Waals surface area (Å²) in [6.07, 6.45) is 7.86. The van der Waals surface area contributed by atoms with E-state index in [1.54, 1.807) is 20.8 Å². The number of esters is 1. The Morgan fingerprint density at radius 3 is 1.93 bits per heavy atom. The van der Waals surface area contributed by atoms with Gasteiger partial charge in [-0.15, -0.1) is 0 Å². The van der Waals surface area contributed by atoms with E-state index >= 15 is 0 Å². The summed E-state index contributed by atoms with van der Waals surface area (Å²) in [6, 6.07) is 0. The summed E-state index contributed by atoms with van der Waals surface area (Å²) in [5.41, 5.74) is -1.04. The van der Waals surface area contributed by atoms with E-state index in [0.717, 1.165) is 19.3 Å². The molecule has 0 spiro atoms. The van der Waals surface area contributed by atoms with Gasteiger partial charge < -0.3 is 14.6 Å². The van der Waals surface area contributed by atoms with Crippen LogP contribution >= 0.6 is 0 Å². The minimum Gasteiger partial charge on any atom is -0.550 e. The van der Waals surface area contributed by atoms with Gasteiger partial charge in [0.05, 0.1) is 12.2 Å². The fourth-order valence-electron chi connectivity index (χ4n) is 2.39. The van der Waals surface area contributed by atoms with Gasteiger partial charge >= 0.3 is 35.5 Å². The molecule has 7 nitrogen and oxygen atoms in total. The molecule has 0 aromatic rings. The van der Waals surface area contributed by atoms with E-state index in [1.165, 1.54) is 25.7 Å². The average Bonchev–Trinajstić information content (AvgIpc) is 2.57. The topological polar surface area (TPSA) is 110 Å². The summed E-state index contributed by atoms with van der Waals surface area (Å²) in [5, 5.41) is 8.97. The van der Waals surface area contributed by atoms with E-state index in [2.05, 4.69) is 6.92 Å². The summed E-state index contributed by atoms with van der Waals surface area (Å²) in [7, 11) is -4.44. The first-order valence-electron chi connectivity index (χ1n) is 9.86. The smallest absolute Gasteiger partial charge is 0.550 e. The molecule has 0 aliphatic heterocycles. The quantitative estimate of drug-likeness (QED) is 0.143. The second-order valence-corrected chi connectivity index (χ2v) is 9.12. The predicted molar refractivity (Wildman–Crippen MR) is 101 cm³/mol. The number of carboxylic acids is 1. The molecule has 0 fully saturated rings. The summed E-state index contributed by atoms with van der Waals surface area (Å²) in [4.78, 5) is 23.0. The maximum absolute atomic E-state index is 12.3.